The molecule has 1 saturated carbocycles. The summed E-state index contributed by atoms with van der Waals surface area (Å²) in [6.45, 7) is 0.245. The number of hydrogen-bond acceptors (Lipinski definition) is 5. The Morgan fingerprint density at radius 2 is 2.00 bits per heavy atom. The second-order valence-electron chi connectivity index (χ2n) is 7.23. The fourth-order valence-electron chi connectivity index (χ4n) is 3.77. The van der Waals surface area contributed by atoms with Crippen molar-refractivity contribution >= 4 is 11.7 Å². The number of halogens is 2. The Morgan fingerprint density at radius 3 is 2.79 bits per heavy atom. The van der Waals surface area contributed by atoms with Gasteiger partial charge in [0.2, 0.25) is 0 Å². The molecule has 1 amide bonds. The van der Waals surface area contributed by atoms with Crippen molar-refractivity contribution in [1.29, 1.82) is 0 Å². The van der Waals surface area contributed by atoms with E-state index in [0.717, 1.165) is 43.5 Å². The molecule has 0 radical (unpaired) electrons. The third kappa shape index (κ3) is 4.49. The number of hydrogen-bond donors (Lipinski definition) is 1. The van der Waals surface area contributed by atoms with Gasteiger partial charge in [-0.15, -0.1) is 0 Å². The minimum absolute atomic E-state index is 0.140. The van der Waals surface area contributed by atoms with Crippen LogP contribution in [0.1, 0.15) is 37.3 Å². The van der Waals surface area contributed by atoms with E-state index < -0.39 is 11.6 Å². The molecule has 29 heavy (non-hydrogen) atoms. The van der Waals surface area contributed by atoms with Crippen molar-refractivity contribution in [1.82, 2.24) is 24.9 Å². The van der Waals surface area contributed by atoms with Gasteiger partial charge in [0.15, 0.2) is 18.2 Å². The number of nitrogens with one attached hydrogen (secondary N) is 1. The van der Waals surface area contributed by atoms with Crippen molar-refractivity contribution in [3.63, 3.8) is 0 Å². The zero-order valence-corrected chi connectivity index (χ0v) is 15.7. The van der Waals surface area contributed by atoms with E-state index in [9.17, 15) is 13.6 Å². The first-order valence-corrected chi connectivity index (χ1v) is 9.59. The summed E-state index contributed by atoms with van der Waals surface area (Å²) in [5, 5.41) is 7.09. The second-order valence-corrected chi connectivity index (χ2v) is 7.23. The molecule has 0 atom stereocenters. The van der Waals surface area contributed by atoms with Crippen LogP contribution in [0.3, 0.4) is 0 Å². The molecule has 152 valence electrons. The van der Waals surface area contributed by atoms with Crippen LogP contribution in [0, 0.1) is 17.6 Å². The predicted octanol–water partition coefficient (Wildman–Crippen LogP) is 2.87. The van der Waals surface area contributed by atoms with Crippen LogP contribution in [0.15, 0.2) is 36.8 Å². The maximum atomic E-state index is 13.5. The van der Waals surface area contributed by atoms with Crippen LogP contribution in [0.25, 0.3) is 5.78 Å². The van der Waals surface area contributed by atoms with E-state index in [2.05, 4.69) is 20.4 Å². The van der Waals surface area contributed by atoms with Crippen LogP contribution in [-0.2, 0) is 4.79 Å². The van der Waals surface area contributed by atoms with Gasteiger partial charge in [-0.25, -0.2) is 18.3 Å². The number of nitrogens with zero attached hydrogens (tertiary/aromatic N) is 4. The first kappa shape index (κ1) is 19.2. The summed E-state index contributed by atoms with van der Waals surface area (Å²) in [6, 6.07) is 4.97. The van der Waals surface area contributed by atoms with E-state index in [-0.39, 0.29) is 18.3 Å². The Bertz CT molecular complexity index is 1000. The fourth-order valence-corrected chi connectivity index (χ4v) is 3.77. The first-order valence-electron chi connectivity index (χ1n) is 9.59. The van der Waals surface area contributed by atoms with E-state index in [4.69, 9.17) is 4.74 Å². The van der Waals surface area contributed by atoms with Gasteiger partial charge in [-0.2, -0.15) is 10.1 Å². The average Bonchev–Trinajstić information content (AvgIpc) is 3.21. The Morgan fingerprint density at radius 1 is 1.17 bits per heavy atom. The molecule has 1 fully saturated rings. The molecule has 2 aromatic heterocycles. The summed E-state index contributed by atoms with van der Waals surface area (Å²) in [4.78, 5) is 20.3. The van der Waals surface area contributed by atoms with Gasteiger partial charge in [0.1, 0.15) is 12.1 Å². The zero-order valence-electron chi connectivity index (χ0n) is 15.7. The minimum atomic E-state index is -0.825. The van der Waals surface area contributed by atoms with Crippen LogP contribution >= 0.6 is 0 Å². The molecule has 1 N–H and O–H groups in total. The third-order valence-corrected chi connectivity index (χ3v) is 5.32. The summed E-state index contributed by atoms with van der Waals surface area (Å²) in [5.74, 6) is -0.604. The summed E-state index contributed by atoms with van der Waals surface area (Å²) < 4.78 is 33.3. The molecule has 0 unspecified atom stereocenters. The van der Waals surface area contributed by atoms with Gasteiger partial charge in [0, 0.05) is 24.7 Å². The average molecular weight is 401 g/mol. The Labute approximate surface area is 166 Å². The van der Waals surface area contributed by atoms with Crippen molar-refractivity contribution in [2.75, 3.05) is 13.2 Å². The smallest absolute Gasteiger partial charge is 0.257 e. The van der Waals surface area contributed by atoms with Gasteiger partial charge in [-0.1, -0.05) is 0 Å². The van der Waals surface area contributed by atoms with Crippen LogP contribution in [0.5, 0.6) is 5.75 Å². The Balaban J connectivity index is 1.23. The number of rotatable bonds is 6. The number of fused-ring (bicyclic) bond motifs is 1. The molecule has 0 aliphatic heterocycles. The Hall–Kier alpha value is -3.10. The predicted molar refractivity (Wildman–Crippen MR) is 100 cm³/mol. The number of benzene rings is 1. The SMILES string of the molecule is O=C(COc1ccc(F)cc1F)NCC1CCC(c2ccnc3ncnn23)CC1. The number of carbonyl (C=O) groups is 1. The molecular weight excluding hydrogens is 380 g/mol. The highest BCUT2D eigenvalue weighted by atomic mass is 19.1. The molecule has 1 aromatic carbocycles. The highest BCUT2D eigenvalue weighted by Gasteiger charge is 2.25. The van der Waals surface area contributed by atoms with Gasteiger partial charge in [0.25, 0.3) is 11.7 Å². The van der Waals surface area contributed by atoms with E-state index in [1.54, 1.807) is 10.7 Å². The molecule has 4 rings (SSSR count). The van der Waals surface area contributed by atoms with Crippen LogP contribution in [-0.4, -0.2) is 38.6 Å². The van der Waals surface area contributed by atoms with Crippen molar-refractivity contribution in [2.24, 2.45) is 5.92 Å². The molecule has 0 bridgehead atoms. The molecular formula is C20H21F2N5O2. The normalized spacial score (nSPS) is 19.2. The molecule has 9 heteroatoms. The molecule has 1 aliphatic rings. The summed E-state index contributed by atoms with van der Waals surface area (Å²) in [5.41, 5.74) is 1.12. The van der Waals surface area contributed by atoms with E-state index in [1.807, 2.05) is 6.07 Å². The molecule has 0 spiro atoms. The van der Waals surface area contributed by atoms with Crippen LogP contribution < -0.4 is 10.1 Å². The lowest BCUT2D eigenvalue weighted by Gasteiger charge is -2.28. The molecule has 2 heterocycles. The lowest BCUT2D eigenvalue weighted by molar-refractivity contribution is -0.123. The topological polar surface area (TPSA) is 81.4 Å². The first-order chi connectivity index (χ1) is 14.1. The van der Waals surface area contributed by atoms with Gasteiger partial charge >= 0.3 is 0 Å². The minimum Gasteiger partial charge on any atom is -0.481 e. The molecule has 3 aromatic rings. The summed E-state index contributed by atoms with van der Waals surface area (Å²) in [7, 11) is 0. The fraction of sp³-hybridized carbons (Fsp3) is 0.400. The van der Waals surface area contributed by atoms with Gasteiger partial charge in [-0.05, 0) is 49.8 Å². The quantitative estimate of drug-likeness (QED) is 0.687. The Kier molecular flexibility index (Phi) is 5.64. The van der Waals surface area contributed by atoms with Gasteiger partial charge < -0.3 is 10.1 Å². The largest absolute Gasteiger partial charge is 0.481 e. The lowest BCUT2D eigenvalue weighted by Crippen LogP contribution is -2.34. The van der Waals surface area contributed by atoms with E-state index in [0.29, 0.717) is 24.2 Å². The number of aromatic nitrogens is 4. The third-order valence-electron chi connectivity index (χ3n) is 5.32. The summed E-state index contributed by atoms with van der Waals surface area (Å²) >= 11 is 0. The van der Waals surface area contributed by atoms with Crippen molar-refractivity contribution in [2.45, 2.75) is 31.6 Å². The molecule has 1 aliphatic carbocycles. The number of ether oxygens (including phenoxy) is 1. The molecule has 7 nitrogen and oxygen atoms in total. The van der Waals surface area contributed by atoms with Gasteiger partial charge in [-0.3, -0.25) is 4.79 Å². The van der Waals surface area contributed by atoms with Gasteiger partial charge in [0.05, 0.1) is 5.69 Å². The van der Waals surface area contributed by atoms with Crippen LogP contribution in [0.2, 0.25) is 0 Å². The summed E-state index contributed by atoms with van der Waals surface area (Å²) in [6.07, 6.45) is 7.23. The van der Waals surface area contributed by atoms with Crippen LogP contribution in [0.4, 0.5) is 8.78 Å². The zero-order chi connectivity index (χ0) is 20.2. The van der Waals surface area contributed by atoms with E-state index >= 15 is 0 Å². The highest BCUT2D eigenvalue weighted by Crippen LogP contribution is 2.35. The number of amides is 1. The number of carbonyl (C=O) groups excluding carboxylic acids is 1. The van der Waals surface area contributed by atoms with Crippen molar-refractivity contribution in [3.05, 3.63) is 54.1 Å². The lowest BCUT2D eigenvalue weighted by atomic mass is 9.80. The standard InChI is InChI=1S/C20H21F2N5O2/c21-15-5-6-18(16(22)9-15)29-11-19(28)24-10-13-1-3-14(4-2-13)17-7-8-23-20-25-12-26-27(17)20/h5-9,12-14H,1-4,10-11H2,(H,24,28). The maximum Gasteiger partial charge on any atom is 0.257 e. The van der Waals surface area contributed by atoms with Crippen molar-refractivity contribution in [3.8, 4) is 5.75 Å². The highest BCUT2D eigenvalue weighted by molar-refractivity contribution is 5.77. The molecule has 0 saturated heterocycles. The van der Waals surface area contributed by atoms with Crippen molar-refractivity contribution < 1.29 is 18.3 Å². The second kappa shape index (κ2) is 8.50. The monoisotopic (exact) mass is 401 g/mol. The maximum absolute atomic E-state index is 13.5. The van der Waals surface area contributed by atoms with E-state index in [1.165, 1.54) is 12.4 Å².